The number of fused-ring (bicyclic) bond motifs is 1. The van der Waals surface area contributed by atoms with E-state index in [1.165, 1.54) is 12.4 Å². The maximum Gasteiger partial charge on any atom is 0.166 e. The minimum atomic E-state index is -0.747. The van der Waals surface area contributed by atoms with Crippen molar-refractivity contribution in [3.8, 4) is 17.0 Å². The molecule has 0 fully saturated rings. The first-order valence-corrected chi connectivity index (χ1v) is 6.40. The smallest absolute Gasteiger partial charge is 0.166 e. The zero-order chi connectivity index (χ0) is 14.4. The molecule has 0 atom stereocenters. The molecule has 2 heterocycles. The molecule has 0 aliphatic heterocycles. The lowest BCUT2D eigenvalue weighted by molar-refractivity contribution is 0.429. The molecule has 0 saturated carbocycles. The minimum Gasteiger partial charge on any atom is -0.504 e. The van der Waals surface area contributed by atoms with Crippen molar-refractivity contribution < 1.29 is 9.50 Å². The van der Waals surface area contributed by atoms with Crippen molar-refractivity contribution in [2.24, 2.45) is 7.05 Å². The Morgan fingerprint density at radius 2 is 2.10 bits per heavy atom. The van der Waals surface area contributed by atoms with Gasteiger partial charge in [-0.25, -0.2) is 19.0 Å². The van der Waals surface area contributed by atoms with Gasteiger partial charge in [0.05, 0.1) is 9.86 Å². The average molecular weight is 338 g/mol. The molecule has 2 aromatic heterocycles. The molecule has 0 saturated heterocycles. The van der Waals surface area contributed by atoms with E-state index in [4.69, 9.17) is 5.73 Å². The van der Waals surface area contributed by atoms with E-state index >= 15 is 0 Å². The summed E-state index contributed by atoms with van der Waals surface area (Å²) in [6.07, 6.45) is 1.34. The van der Waals surface area contributed by atoms with Crippen LogP contribution in [-0.4, -0.2) is 24.9 Å². The second kappa shape index (κ2) is 4.41. The lowest BCUT2D eigenvalue weighted by Crippen LogP contribution is -1.95. The number of nitrogens with zero attached hydrogens (tertiary/aromatic N) is 4. The van der Waals surface area contributed by atoms with Crippen LogP contribution < -0.4 is 5.73 Å². The van der Waals surface area contributed by atoms with Gasteiger partial charge < -0.3 is 10.8 Å². The third-order valence-corrected chi connectivity index (χ3v) is 3.54. The van der Waals surface area contributed by atoms with Gasteiger partial charge in [0.25, 0.3) is 0 Å². The number of halogens is 2. The van der Waals surface area contributed by atoms with Crippen LogP contribution in [0.3, 0.4) is 0 Å². The molecule has 0 radical (unpaired) electrons. The molecular weight excluding hydrogens is 329 g/mol. The van der Waals surface area contributed by atoms with E-state index in [0.29, 0.717) is 22.3 Å². The van der Waals surface area contributed by atoms with Crippen LogP contribution in [0.5, 0.6) is 5.75 Å². The first-order valence-electron chi connectivity index (χ1n) is 5.60. The molecule has 3 aromatic rings. The Balaban J connectivity index is 2.36. The van der Waals surface area contributed by atoms with E-state index in [1.54, 1.807) is 17.8 Å². The van der Waals surface area contributed by atoms with Gasteiger partial charge in [-0.2, -0.15) is 5.10 Å². The SMILES string of the molecule is Cn1nc(-c2cc(F)c(O)c(Br)c2)c2c(N)ncnc21. The summed E-state index contributed by atoms with van der Waals surface area (Å²) in [5, 5.41) is 14.3. The quantitative estimate of drug-likeness (QED) is 0.710. The lowest BCUT2D eigenvalue weighted by Gasteiger charge is -2.03. The maximum absolute atomic E-state index is 13.7. The van der Waals surface area contributed by atoms with Crippen LogP contribution in [0.25, 0.3) is 22.3 Å². The number of anilines is 1. The van der Waals surface area contributed by atoms with Crippen LogP contribution in [0.15, 0.2) is 22.9 Å². The molecule has 6 nitrogen and oxygen atoms in total. The van der Waals surface area contributed by atoms with Crippen molar-refractivity contribution in [3.63, 3.8) is 0 Å². The molecule has 0 amide bonds. The second-order valence-corrected chi connectivity index (χ2v) is 5.07. The number of hydrogen-bond donors (Lipinski definition) is 2. The molecule has 0 unspecified atom stereocenters. The van der Waals surface area contributed by atoms with Crippen molar-refractivity contribution in [1.82, 2.24) is 19.7 Å². The lowest BCUT2D eigenvalue weighted by atomic mass is 10.1. The molecule has 3 rings (SSSR count). The third kappa shape index (κ3) is 1.80. The minimum absolute atomic E-state index is 0.238. The monoisotopic (exact) mass is 337 g/mol. The molecular formula is C12H9BrFN5O. The Kier molecular flexibility index (Phi) is 2.82. The highest BCUT2D eigenvalue weighted by Crippen LogP contribution is 2.35. The zero-order valence-corrected chi connectivity index (χ0v) is 11.9. The van der Waals surface area contributed by atoms with E-state index in [-0.39, 0.29) is 10.3 Å². The van der Waals surface area contributed by atoms with Crippen LogP contribution in [-0.2, 0) is 7.05 Å². The fraction of sp³-hybridized carbons (Fsp3) is 0.0833. The largest absolute Gasteiger partial charge is 0.504 e. The molecule has 20 heavy (non-hydrogen) atoms. The summed E-state index contributed by atoms with van der Waals surface area (Å²) >= 11 is 3.10. The predicted molar refractivity (Wildman–Crippen MR) is 75.5 cm³/mol. The highest BCUT2D eigenvalue weighted by Gasteiger charge is 2.17. The number of phenolic OH excluding ortho intramolecular Hbond substituents is 1. The van der Waals surface area contributed by atoms with Crippen molar-refractivity contribution in [2.75, 3.05) is 5.73 Å². The Morgan fingerprint density at radius 3 is 2.80 bits per heavy atom. The highest BCUT2D eigenvalue weighted by atomic mass is 79.9. The fourth-order valence-corrected chi connectivity index (χ4v) is 2.45. The number of aryl methyl sites for hydroxylation is 1. The van der Waals surface area contributed by atoms with Gasteiger partial charge in [-0.1, -0.05) is 0 Å². The summed E-state index contributed by atoms with van der Waals surface area (Å²) in [4.78, 5) is 8.03. The van der Waals surface area contributed by atoms with Crippen LogP contribution in [0.2, 0.25) is 0 Å². The topological polar surface area (TPSA) is 89.8 Å². The summed E-state index contributed by atoms with van der Waals surface area (Å²) < 4.78 is 15.4. The van der Waals surface area contributed by atoms with Crippen molar-refractivity contribution in [3.05, 3.63) is 28.7 Å². The summed E-state index contributed by atoms with van der Waals surface area (Å²) in [5.41, 5.74) is 7.34. The van der Waals surface area contributed by atoms with E-state index in [9.17, 15) is 9.50 Å². The molecule has 102 valence electrons. The third-order valence-electron chi connectivity index (χ3n) is 2.94. The van der Waals surface area contributed by atoms with Gasteiger partial charge >= 0.3 is 0 Å². The molecule has 0 spiro atoms. The van der Waals surface area contributed by atoms with Crippen molar-refractivity contribution in [1.29, 1.82) is 0 Å². The van der Waals surface area contributed by atoms with Gasteiger partial charge in [0.2, 0.25) is 0 Å². The molecule has 8 heteroatoms. The summed E-state index contributed by atoms with van der Waals surface area (Å²) in [6.45, 7) is 0. The Morgan fingerprint density at radius 1 is 1.35 bits per heavy atom. The van der Waals surface area contributed by atoms with Gasteiger partial charge in [0.1, 0.15) is 17.8 Å². The Labute approximate surface area is 121 Å². The van der Waals surface area contributed by atoms with Gasteiger partial charge in [-0.15, -0.1) is 0 Å². The average Bonchev–Trinajstić information content (AvgIpc) is 2.75. The maximum atomic E-state index is 13.7. The number of benzene rings is 1. The van der Waals surface area contributed by atoms with Gasteiger partial charge in [0, 0.05) is 12.6 Å². The van der Waals surface area contributed by atoms with E-state index in [1.807, 2.05) is 0 Å². The Hall–Kier alpha value is -2.22. The summed E-state index contributed by atoms with van der Waals surface area (Å²) in [5.74, 6) is -0.926. The molecule has 0 aliphatic rings. The number of nitrogens with two attached hydrogens (primary N) is 1. The van der Waals surface area contributed by atoms with Gasteiger partial charge in [-0.05, 0) is 28.1 Å². The van der Waals surface area contributed by atoms with Crippen LogP contribution >= 0.6 is 15.9 Å². The van der Waals surface area contributed by atoms with Crippen LogP contribution in [0, 0.1) is 5.82 Å². The van der Waals surface area contributed by atoms with Gasteiger partial charge in [0.15, 0.2) is 17.2 Å². The molecule has 0 aliphatic carbocycles. The van der Waals surface area contributed by atoms with Crippen LogP contribution in [0.4, 0.5) is 10.2 Å². The van der Waals surface area contributed by atoms with Crippen molar-refractivity contribution in [2.45, 2.75) is 0 Å². The molecule has 1 aromatic carbocycles. The summed E-state index contributed by atoms with van der Waals surface area (Å²) in [6, 6.07) is 2.75. The number of aromatic hydroxyl groups is 1. The van der Waals surface area contributed by atoms with E-state index in [2.05, 4.69) is 31.0 Å². The molecule has 0 bridgehead atoms. The number of rotatable bonds is 1. The van der Waals surface area contributed by atoms with Crippen LogP contribution in [0.1, 0.15) is 0 Å². The van der Waals surface area contributed by atoms with Gasteiger partial charge in [-0.3, -0.25) is 0 Å². The van der Waals surface area contributed by atoms with E-state index in [0.717, 1.165) is 0 Å². The number of aromatic nitrogens is 4. The first-order chi connectivity index (χ1) is 9.49. The highest BCUT2D eigenvalue weighted by molar-refractivity contribution is 9.10. The summed E-state index contributed by atoms with van der Waals surface area (Å²) in [7, 11) is 1.71. The fourth-order valence-electron chi connectivity index (χ4n) is 2.01. The van der Waals surface area contributed by atoms with E-state index < -0.39 is 11.6 Å². The predicted octanol–water partition coefficient (Wildman–Crippen LogP) is 2.22. The normalized spacial score (nSPS) is 11.2. The number of phenols is 1. The first kappa shape index (κ1) is 12.8. The molecule has 3 N–H and O–H groups in total. The van der Waals surface area contributed by atoms with Crippen molar-refractivity contribution >= 4 is 32.8 Å². The second-order valence-electron chi connectivity index (χ2n) is 4.22. The number of hydrogen-bond acceptors (Lipinski definition) is 5. The Bertz CT molecular complexity index is 809. The zero-order valence-electron chi connectivity index (χ0n) is 10.3. The standard InChI is InChI=1S/C12H9BrFN5O/c1-19-12-8(11(15)16-4-17-12)9(18-19)5-2-6(13)10(20)7(14)3-5/h2-4,20H,1H3,(H2,15,16,17). The number of nitrogen functional groups attached to an aromatic ring is 1.